The Bertz CT molecular complexity index is 1140. The second kappa shape index (κ2) is 11.1. The number of carbonyl (C=O) groups is 2. The van der Waals surface area contributed by atoms with Crippen molar-refractivity contribution in [3.8, 4) is 11.5 Å². The molecule has 8 heteroatoms. The highest BCUT2D eigenvalue weighted by Crippen LogP contribution is 2.25. The quantitative estimate of drug-likeness (QED) is 0.444. The van der Waals surface area contributed by atoms with Crippen molar-refractivity contribution in [2.45, 2.75) is 13.3 Å². The number of benzene rings is 2. The molecule has 3 aromatic rings. The summed E-state index contributed by atoms with van der Waals surface area (Å²) in [7, 11) is 0. The number of anilines is 1. The van der Waals surface area contributed by atoms with Crippen LogP contribution in [-0.2, 0) is 4.79 Å². The predicted octanol–water partition coefficient (Wildman–Crippen LogP) is 5.46. The third-order valence-electron chi connectivity index (χ3n) is 4.26. The molecular weight excluding hydrogens is 433 g/mol. The lowest BCUT2D eigenvalue weighted by molar-refractivity contribution is -0.111. The van der Waals surface area contributed by atoms with Crippen LogP contribution in [0.3, 0.4) is 0 Å². The average Bonchev–Trinajstić information content (AvgIpc) is 2.78. The van der Waals surface area contributed by atoms with Gasteiger partial charge in [0.15, 0.2) is 11.6 Å². The van der Waals surface area contributed by atoms with E-state index in [4.69, 9.17) is 16.3 Å². The molecule has 2 amide bonds. The molecule has 0 atom stereocenters. The summed E-state index contributed by atoms with van der Waals surface area (Å²) < 4.78 is 19.8. The van der Waals surface area contributed by atoms with E-state index in [1.54, 1.807) is 36.5 Å². The van der Waals surface area contributed by atoms with Gasteiger partial charge in [-0.05, 0) is 60.5 Å². The first-order valence-electron chi connectivity index (χ1n) is 9.90. The number of hydrogen-bond donors (Lipinski definition) is 2. The number of nitrogens with zero attached hydrogens (tertiary/aromatic N) is 1. The summed E-state index contributed by atoms with van der Waals surface area (Å²) in [6.07, 6.45) is 6.63. The molecule has 3 rings (SSSR count). The maximum absolute atomic E-state index is 14.3. The molecule has 0 fully saturated rings. The van der Waals surface area contributed by atoms with Crippen molar-refractivity contribution < 1.29 is 18.7 Å². The van der Waals surface area contributed by atoms with Crippen LogP contribution in [0.1, 0.15) is 29.3 Å². The number of carbonyl (C=O) groups excluding carboxylic acids is 2. The van der Waals surface area contributed by atoms with Gasteiger partial charge in [0.05, 0.1) is 16.8 Å². The van der Waals surface area contributed by atoms with Crippen molar-refractivity contribution in [1.82, 2.24) is 10.3 Å². The van der Waals surface area contributed by atoms with Gasteiger partial charge in [-0.3, -0.25) is 14.6 Å². The van der Waals surface area contributed by atoms with Crippen LogP contribution in [0.4, 0.5) is 10.1 Å². The minimum atomic E-state index is -0.569. The van der Waals surface area contributed by atoms with Crippen molar-refractivity contribution in [2.24, 2.45) is 0 Å². The number of pyridine rings is 1. The summed E-state index contributed by atoms with van der Waals surface area (Å²) in [4.78, 5) is 28.1. The van der Waals surface area contributed by atoms with Crippen molar-refractivity contribution in [1.29, 1.82) is 0 Å². The SMILES string of the molecule is CCCNC(=O)c1ccc(NC(=O)/C=C/c2ccc(Oc3cccnc3)c(F)c2)cc1Cl. The van der Waals surface area contributed by atoms with E-state index in [9.17, 15) is 14.0 Å². The monoisotopic (exact) mass is 453 g/mol. The van der Waals surface area contributed by atoms with Gasteiger partial charge >= 0.3 is 0 Å². The number of hydrogen-bond acceptors (Lipinski definition) is 4. The van der Waals surface area contributed by atoms with Crippen molar-refractivity contribution >= 4 is 35.2 Å². The van der Waals surface area contributed by atoms with Crippen molar-refractivity contribution in [3.05, 3.63) is 89.0 Å². The lowest BCUT2D eigenvalue weighted by Crippen LogP contribution is -2.24. The third-order valence-corrected chi connectivity index (χ3v) is 4.57. The zero-order valence-electron chi connectivity index (χ0n) is 17.3. The van der Waals surface area contributed by atoms with Gasteiger partial charge < -0.3 is 15.4 Å². The van der Waals surface area contributed by atoms with E-state index in [1.807, 2.05) is 6.92 Å². The van der Waals surface area contributed by atoms with E-state index in [-0.39, 0.29) is 16.7 Å². The molecule has 32 heavy (non-hydrogen) atoms. The van der Waals surface area contributed by atoms with Gasteiger partial charge in [-0.15, -0.1) is 0 Å². The maximum Gasteiger partial charge on any atom is 0.252 e. The Balaban J connectivity index is 1.61. The lowest BCUT2D eigenvalue weighted by Gasteiger charge is -2.08. The van der Waals surface area contributed by atoms with Gasteiger partial charge in [0.2, 0.25) is 5.91 Å². The molecule has 0 aliphatic carbocycles. The number of ether oxygens (including phenoxy) is 1. The molecule has 0 saturated carbocycles. The molecule has 0 aliphatic heterocycles. The fourth-order valence-electron chi connectivity index (χ4n) is 2.70. The van der Waals surface area contributed by atoms with E-state index < -0.39 is 11.7 Å². The Kier molecular flexibility index (Phi) is 7.94. The first-order valence-corrected chi connectivity index (χ1v) is 10.3. The fourth-order valence-corrected chi connectivity index (χ4v) is 2.97. The zero-order valence-corrected chi connectivity index (χ0v) is 18.0. The van der Waals surface area contributed by atoms with Gasteiger partial charge in [0, 0.05) is 24.5 Å². The van der Waals surface area contributed by atoms with Gasteiger partial charge in [-0.1, -0.05) is 24.6 Å². The number of nitrogens with one attached hydrogen (secondary N) is 2. The number of amides is 2. The average molecular weight is 454 g/mol. The van der Waals surface area contributed by atoms with Gasteiger partial charge in [0.25, 0.3) is 5.91 Å². The molecule has 0 spiro atoms. The number of halogens is 2. The molecule has 0 bridgehead atoms. The molecule has 1 aromatic heterocycles. The largest absolute Gasteiger partial charge is 0.453 e. The van der Waals surface area contributed by atoms with E-state index in [0.717, 1.165) is 6.42 Å². The third kappa shape index (κ3) is 6.39. The smallest absolute Gasteiger partial charge is 0.252 e. The predicted molar refractivity (Wildman–Crippen MR) is 122 cm³/mol. The van der Waals surface area contributed by atoms with E-state index in [2.05, 4.69) is 15.6 Å². The molecule has 164 valence electrons. The van der Waals surface area contributed by atoms with Crippen LogP contribution in [0, 0.1) is 5.82 Å². The minimum Gasteiger partial charge on any atom is -0.453 e. The molecule has 2 N–H and O–H groups in total. The van der Waals surface area contributed by atoms with Gasteiger partial charge in [-0.25, -0.2) is 4.39 Å². The van der Waals surface area contributed by atoms with Crippen LogP contribution < -0.4 is 15.4 Å². The normalized spacial score (nSPS) is 10.7. The first-order chi connectivity index (χ1) is 15.5. The maximum atomic E-state index is 14.3. The van der Waals surface area contributed by atoms with E-state index >= 15 is 0 Å². The molecule has 0 saturated heterocycles. The topological polar surface area (TPSA) is 80.3 Å². The van der Waals surface area contributed by atoms with E-state index in [0.29, 0.717) is 29.1 Å². The lowest BCUT2D eigenvalue weighted by atomic mass is 10.1. The van der Waals surface area contributed by atoms with Crippen LogP contribution in [0.25, 0.3) is 6.08 Å². The minimum absolute atomic E-state index is 0.0531. The van der Waals surface area contributed by atoms with Crippen molar-refractivity contribution in [3.63, 3.8) is 0 Å². The highest BCUT2D eigenvalue weighted by atomic mass is 35.5. The van der Waals surface area contributed by atoms with Gasteiger partial charge in [-0.2, -0.15) is 0 Å². The van der Waals surface area contributed by atoms with Crippen LogP contribution in [0.2, 0.25) is 5.02 Å². The molecule has 6 nitrogen and oxygen atoms in total. The van der Waals surface area contributed by atoms with Crippen LogP contribution in [0.5, 0.6) is 11.5 Å². The molecule has 0 unspecified atom stereocenters. The summed E-state index contributed by atoms with van der Waals surface area (Å²) in [6, 6.07) is 12.3. The molecule has 0 radical (unpaired) electrons. The zero-order chi connectivity index (χ0) is 22.9. The van der Waals surface area contributed by atoms with Crippen LogP contribution in [-0.4, -0.2) is 23.3 Å². The highest BCUT2D eigenvalue weighted by Gasteiger charge is 2.11. The number of rotatable bonds is 8. The summed E-state index contributed by atoms with van der Waals surface area (Å²) >= 11 is 6.16. The molecule has 0 aliphatic rings. The standard InChI is InChI=1S/C24H21ClFN3O3/c1-2-11-28-24(31)19-8-7-17(14-20(19)25)29-23(30)10-6-16-5-9-22(21(26)13-16)32-18-4-3-12-27-15-18/h3-10,12-15H,2,11H2,1H3,(H,28,31)(H,29,30)/b10-6+. The molecular formula is C24H21ClFN3O3. The Morgan fingerprint density at radius 1 is 1.19 bits per heavy atom. The van der Waals surface area contributed by atoms with Crippen LogP contribution >= 0.6 is 11.6 Å². The Morgan fingerprint density at radius 2 is 2.03 bits per heavy atom. The highest BCUT2D eigenvalue weighted by molar-refractivity contribution is 6.34. The van der Waals surface area contributed by atoms with Crippen LogP contribution in [0.15, 0.2) is 67.0 Å². The summed E-state index contributed by atoms with van der Waals surface area (Å²) in [5.74, 6) is -0.799. The van der Waals surface area contributed by atoms with E-state index in [1.165, 1.54) is 36.5 Å². The first kappa shape index (κ1) is 23.0. The van der Waals surface area contributed by atoms with Gasteiger partial charge in [0.1, 0.15) is 5.75 Å². The molecule has 1 heterocycles. The fraction of sp³-hybridized carbons (Fsp3) is 0.125. The second-order valence-electron chi connectivity index (χ2n) is 6.75. The summed E-state index contributed by atoms with van der Waals surface area (Å²) in [5, 5.41) is 5.63. The Morgan fingerprint density at radius 3 is 2.72 bits per heavy atom. The van der Waals surface area contributed by atoms with Crippen molar-refractivity contribution in [2.75, 3.05) is 11.9 Å². The molecule has 2 aromatic carbocycles. The number of aromatic nitrogens is 1. The second-order valence-corrected chi connectivity index (χ2v) is 7.16. The Hall–Kier alpha value is -3.71. The Labute approximate surface area is 190 Å². The summed E-state index contributed by atoms with van der Waals surface area (Å²) in [6.45, 7) is 2.50. The summed E-state index contributed by atoms with van der Waals surface area (Å²) in [5.41, 5.74) is 1.25.